The highest BCUT2D eigenvalue weighted by atomic mass is 15.3. The number of aryl methyl sites for hydroxylation is 3. The summed E-state index contributed by atoms with van der Waals surface area (Å²) in [5.41, 5.74) is 3.53. The number of hydrogen-bond acceptors (Lipinski definition) is 3. The molecule has 0 radical (unpaired) electrons. The van der Waals surface area contributed by atoms with Gasteiger partial charge in [-0.05, 0) is 25.8 Å². The normalized spacial score (nSPS) is 10.8. The van der Waals surface area contributed by atoms with Gasteiger partial charge in [0.25, 0.3) is 0 Å². The molecule has 18 heavy (non-hydrogen) atoms. The first-order valence-electron chi connectivity index (χ1n) is 6.52. The van der Waals surface area contributed by atoms with Gasteiger partial charge < -0.3 is 5.32 Å². The fourth-order valence-electron chi connectivity index (χ4n) is 2.00. The van der Waals surface area contributed by atoms with Gasteiger partial charge in [-0.2, -0.15) is 10.2 Å². The second-order valence-corrected chi connectivity index (χ2v) is 4.44. The summed E-state index contributed by atoms with van der Waals surface area (Å²) in [7, 11) is 0. The van der Waals surface area contributed by atoms with Crippen LogP contribution in [0.15, 0.2) is 18.6 Å². The molecule has 0 aliphatic rings. The molecule has 0 fully saturated rings. The average molecular weight is 247 g/mol. The Labute approximate surface area is 108 Å². The van der Waals surface area contributed by atoms with Gasteiger partial charge in [0.2, 0.25) is 0 Å². The minimum absolute atomic E-state index is 0.789. The van der Waals surface area contributed by atoms with Crippen LogP contribution in [-0.4, -0.2) is 19.6 Å². The van der Waals surface area contributed by atoms with E-state index in [1.165, 1.54) is 11.3 Å². The Kier molecular flexibility index (Phi) is 4.02. The smallest absolute Gasteiger partial charge is 0.0729 e. The van der Waals surface area contributed by atoms with E-state index in [-0.39, 0.29) is 0 Å². The van der Waals surface area contributed by atoms with Crippen LogP contribution >= 0.6 is 0 Å². The molecule has 0 aliphatic carbocycles. The molecule has 0 aromatic carbocycles. The van der Waals surface area contributed by atoms with Crippen LogP contribution in [-0.2, 0) is 19.6 Å². The molecule has 0 spiro atoms. The SMILES string of the molecule is CCCn1cc(NCc2c(C)cnn2CC)cn1. The Bertz CT molecular complexity index is 497. The second-order valence-electron chi connectivity index (χ2n) is 4.44. The van der Waals surface area contributed by atoms with Crippen molar-refractivity contribution < 1.29 is 0 Å². The zero-order valence-electron chi connectivity index (χ0n) is 11.3. The molecule has 0 saturated heterocycles. The topological polar surface area (TPSA) is 47.7 Å². The monoisotopic (exact) mass is 247 g/mol. The molecule has 2 heterocycles. The zero-order valence-corrected chi connectivity index (χ0v) is 11.3. The Morgan fingerprint density at radius 1 is 1.22 bits per heavy atom. The summed E-state index contributed by atoms with van der Waals surface area (Å²) in [6.07, 6.45) is 6.94. The van der Waals surface area contributed by atoms with Crippen molar-refractivity contribution in [1.29, 1.82) is 0 Å². The maximum atomic E-state index is 4.34. The largest absolute Gasteiger partial charge is 0.377 e. The summed E-state index contributed by atoms with van der Waals surface area (Å²) in [6.45, 7) is 9.01. The van der Waals surface area contributed by atoms with Crippen LogP contribution in [0.1, 0.15) is 31.5 Å². The van der Waals surface area contributed by atoms with Gasteiger partial charge in [0.05, 0.1) is 30.3 Å². The van der Waals surface area contributed by atoms with E-state index >= 15 is 0 Å². The third kappa shape index (κ3) is 2.72. The molecule has 5 heteroatoms. The summed E-state index contributed by atoms with van der Waals surface area (Å²) in [4.78, 5) is 0. The lowest BCUT2D eigenvalue weighted by atomic mass is 10.2. The van der Waals surface area contributed by atoms with Crippen LogP contribution < -0.4 is 5.32 Å². The zero-order chi connectivity index (χ0) is 13.0. The third-order valence-corrected chi connectivity index (χ3v) is 3.00. The van der Waals surface area contributed by atoms with Crippen molar-refractivity contribution >= 4 is 5.69 Å². The fourth-order valence-corrected chi connectivity index (χ4v) is 2.00. The first kappa shape index (κ1) is 12.7. The highest BCUT2D eigenvalue weighted by Gasteiger charge is 2.06. The molecule has 2 aromatic rings. The van der Waals surface area contributed by atoms with E-state index in [4.69, 9.17) is 0 Å². The number of hydrogen-bond donors (Lipinski definition) is 1. The van der Waals surface area contributed by atoms with E-state index in [2.05, 4.69) is 36.3 Å². The third-order valence-electron chi connectivity index (χ3n) is 3.00. The molecule has 0 amide bonds. The second kappa shape index (κ2) is 5.71. The first-order chi connectivity index (χ1) is 8.74. The van der Waals surface area contributed by atoms with Crippen molar-refractivity contribution in [3.63, 3.8) is 0 Å². The average Bonchev–Trinajstić information content (AvgIpc) is 2.94. The highest BCUT2D eigenvalue weighted by Crippen LogP contribution is 2.11. The summed E-state index contributed by atoms with van der Waals surface area (Å²) in [6, 6.07) is 0. The van der Waals surface area contributed by atoms with Gasteiger partial charge in [0.1, 0.15) is 0 Å². The molecule has 2 aromatic heterocycles. The lowest BCUT2D eigenvalue weighted by Gasteiger charge is -2.07. The standard InChI is InChI=1S/C13H21N5/c1-4-6-17-10-12(8-15-17)14-9-13-11(3)7-16-18(13)5-2/h7-8,10,14H,4-6,9H2,1-3H3. The van der Waals surface area contributed by atoms with E-state index in [0.29, 0.717) is 0 Å². The molecular formula is C13H21N5. The number of nitrogens with one attached hydrogen (secondary N) is 1. The molecular weight excluding hydrogens is 226 g/mol. The Morgan fingerprint density at radius 3 is 2.78 bits per heavy atom. The van der Waals surface area contributed by atoms with Crippen LogP contribution in [0.5, 0.6) is 0 Å². The minimum atomic E-state index is 0.789. The van der Waals surface area contributed by atoms with Crippen LogP contribution in [0.2, 0.25) is 0 Å². The van der Waals surface area contributed by atoms with E-state index in [1.54, 1.807) is 0 Å². The molecule has 5 nitrogen and oxygen atoms in total. The minimum Gasteiger partial charge on any atom is -0.377 e. The van der Waals surface area contributed by atoms with E-state index in [0.717, 1.165) is 31.7 Å². The molecule has 98 valence electrons. The van der Waals surface area contributed by atoms with E-state index in [1.807, 2.05) is 28.0 Å². The van der Waals surface area contributed by atoms with Crippen LogP contribution in [0, 0.1) is 6.92 Å². The number of aromatic nitrogens is 4. The molecule has 0 atom stereocenters. The van der Waals surface area contributed by atoms with Crippen molar-refractivity contribution in [2.75, 3.05) is 5.32 Å². The van der Waals surface area contributed by atoms with Crippen molar-refractivity contribution in [3.05, 3.63) is 29.8 Å². The van der Waals surface area contributed by atoms with E-state index < -0.39 is 0 Å². The van der Waals surface area contributed by atoms with Crippen molar-refractivity contribution in [1.82, 2.24) is 19.6 Å². The maximum absolute atomic E-state index is 4.34. The van der Waals surface area contributed by atoms with Gasteiger partial charge in [0, 0.05) is 19.3 Å². The van der Waals surface area contributed by atoms with Gasteiger partial charge in [-0.3, -0.25) is 9.36 Å². The number of rotatable bonds is 6. The Balaban J connectivity index is 1.99. The Hall–Kier alpha value is -1.78. The van der Waals surface area contributed by atoms with Gasteiger partial charge in [-0.1, -0.05) is 6.92 Å². The van der Waals surface area contributed by atoms with Crippen molar-refractivity contribution in [2.45, 2.75) is 46.8 Å². The van der Waals surface area contributed by atoms with Gasteiger partial charge in [-0.25, -0.2) is 0 Å². The predicted octanol–water partition coefficient (Wildman–Crippen LogP) is 2.43. The highest BCUT2D eigenvalue weighted by molar-refractivity contribution is 5.39. The summed E-state index contributed by atoms with van der Waals surface area (Å²) in [5.74, 6) is 0. The van der Waals surface area contributed by atoms with Crippen molar-refractivity contribution in [2.24, 2.45) is 0 Å². The van der Waals surface area contributed by atoms with Crippen LogP contribution in [0.25, 0.3) is 0 Å². The van der Waals surface area contributed by atoms with Gasteiger partial charge in [0.15, 0.2) is 0 Å². The number of anilines is 1. The maximum Gasteiger partial charge on any atom is 0.0729 e. The number of nitrogens with zero attached hydrogens (tertiary/aromatic N) is 4. The quantitative estimate of drug-likeness (QED) is 0.853. The van der Waals surface area contributed by atoms with Gasteiger partial charge >= 0.3 is 0 Å². The first-order valence-corrected chi connectivity index (χ1v) is 6.52. The molecule has 1 N–H and O–H groups in total. The Morgan fingerprint density at radius 2 is 2.06 bits per heavy atom. The molecule has 0 unspecified atom stereocenters. The molecule has 0 bridgehead atoms. The molecule has 0 saturated carbocycles. The lowest BCUT2D eigenvalue weighted by molar-refractivity contribution is 0.603. The molecule has 2 rings (SSSR count). The predicted molar refractivity (Wildman–Crippen MR) is 72.5 cm³/mol. The molecule has 0 aliphatic heterocycles. The summed E-state index contributed by atoms with van der Waals surface area (Å²) >= 11 is 0. The van der Waals surface area contributed by atoms with Gasteiger partial charge in [-0.15, -0.1) is 0 Å². The fraction of sp³-hybridized carbons (Fsp3) is 0.538. The summed E-state index contributed by atoms with van der Waals surface area (Å²) < 4.78 is 3.99. The van der Waals surface area contributed by atoms with E-state index in [9.17, 15) is 0 Å². The van der Waals surface area contributed by atoms with Crippen LogP contribution in [0.3, 0.4) is 0 Å². The van der Waals surface area contributed by atoms with Crippen LogP contribution in [0.4, 0.5) is 5.69 Å². The summed E-state index contributed by atoms with van der Waals surface area (Å²) in [5, 5.41) is 12.0. The van der Waals surface area contributed by atoms with Crippen molar-refractivity contribution in [3.8, 4) is 0 Å². The lowest BCUT2D eigenvalue weighted by Crippen LogP contribution is -2.08.